The number of halogens is 7. The van der Waals surface area contributed by atoms with Crippen LogP contribution >= 0.6 is 0 Å². The highest BCUT2D eigenvalue weighted by Gasteiger charge is 2.76. The molecule has 0 spiro atoms. The number of unbranched alkanes of at least 4 members (excludes halogenated alkanes) is 13. The van der Waals surface area contributed by atoms with E-state index in [1.54, 1.807) is 0 Å². The number of carbonyl (C=O) groups excluding carboxylic acids is 2. The van der Waals surface area contributed by atoms with E-state index >= 15 is 0 Å². The van der Waals surface area contributed by atoms with Crippen LogP contribution in [0.5, 0.6) is 0 Å². The van der Waals surface area contributed by atoms with Crippen molar-refractivity contribution >= 4 is 11.9 Å². The Morgan fingerprint density at radius 1 is 0.676 bits per heavy atom. The summed E-state index contributed by atoms with van der Waals surface area (Å²) in [5.74, 6) is -16.6. The highest BCUT2D eigenvalue weighted by atomic mass is 19.4. The Labute approximate surface area is 197 Å². The second kappa shape index (κ2) is 16.2. The molecule has 0 aromatic heterocycles. The van der Waals surface area contributed by atoms with E-state index in [0.717, 1.165) is 25.7 Å². The summed E-state index contributed by atoms with van der Waals surface area (Å²) >= 11 is 0. The molecule has 0 heterocycles. The summed E-state index contributed by atoms with van der Waals surface area (Å²) in [6, 6.07) is 0. The van der Waals surface area contributed by atoms with Gasteiger partial charge in [0.05, 0.1) is 6.61 Å². The van der Waals surface area contributed by atoms with Crippen LogP contribution in [-0.2, 0) is 14.3 Å². The molecule has 11 heteroatoms. The number of esters is 1. The molecule has 0 rings (SSSR count). The second-order valence-electron chi connectivity index (χ2n) is 8.62. The average Bonchev–Trinajstić information content (AvgIpc) is 2.74. The van der Waals surface area contributed by atoms with E-state index in [1.165, 1.54) is 57.8 Å². The van der Waals surface area contributed by atoms with E-state index in [9.17, 15) is 40.3 Å². The van der Waals surface area contributed by atoms with E-state index in [-0.39, 0.29) is 11.5 Å². The van der Waals surface area contributed by atoms with Crippen molar-refractivity contribution in [2.45, 2.75) is 115 Å². The van der Waals surface area contributed by atoms with Gasteiger partial charge < -0.3 is 9.64 Å². The molecule has 0 atom stereocenters. The molecule has 34 heavy (non-hydrogen) atoms. The van der Waals surface area contributed by atoms with Crippen LogP contribution in [0.3, 0.4) is 0 Å². The first-order valence-electron chi connectivity index (χ1n) is 12.0. The van der Waals surface area contributed by atoms with Gasteiger partial charge in [0.2, 0.25) is 0 Å². The zero-order valence-electron chi connectivity index (χ0n) is 20.1. The number of ether oxygens (including phenoxy) is 1. The third-order valence-corrected chi connectivity index (χ3v) is 5.49. The summed E-state index contributed by atoms with van der Waals surface area (Å²) in [5.41, 5.74) is 0. The highest BCUT2D eigenvalue weighted by Crippen LogP contribution is 2.47. The van der Waals surface area contributed by atoms with Gasteiger partial charge in [-0.05, 0) is 6.42 Å². The predicted octanol–water partition coefficient (Wildman–Crippen LogP) is 7.30. The lowest BCUT2D eigenvalue weighted by atomic mass is 10.0. The average molecular weight is 510 g/mol. The van der Waals surface area contributed by atoms with Gasteiger partial charge in [0, 0.05) is 7.05 Å². The predicted molar refractivity (Wildman–Crippen MR) is 115 cm³/mol. The fraction of sp³-hybridized carbons (Fsp3) is 0.913. The molecule has 0 saturated carbocycles. The maximum Gasteiger partial charge on any atom is 0.460 e. The minimum absolute atomic E-state index is 0.0615. The lowest BCUT2D eigenvalue weighted by molar-refractivity contribution is -0.345. The molecule has 0 bridgehead atoms. The van der Waals surface area contributed by atoms with Crippen molar-refractivity contribution in [3.05, 3.63) is 0 Å². The molecule has 0 aliphatic carbocycles. The molecule has 4 nitrogen and oxygen atoms in total. The summed E-state index contributed by atoms with van der Waals surface area (Å²) in [6.45, 7) is 0.971. The molecular weight excluding hydrogens is 471 g/mol. The lowest BCUT2D eigenvalue weighted by Gasteiger charge is -2.29. The maximum atomic E-state index is 13.4. The Bertz CT molecular complexity index is 583. The Morgan fingerprint density at radius 3 is 1.44 bits per heavy atom. The molecule has 0 unspecified atom stereocenters. The summed E-state index contributed by atoms with van der Waals surface area (Å²) < 4.78 is 93.8. The van der Waals surface area contributed by atoms with E-state index < -0.39 is 36.4 Å². The second-order valence-corrected chi connectivity index (χ2v) is 8.62. The Kier molecular flexibility index (Phi) is 15.4. The molecule has 0 aliphatic rings. The fourth-order valence-corrected chi connectivity index (χ4v) is 3.35. The number of carbonyl (C=O) groups is 2. The van der Waals surface area contributed by atoms with E-state index in [2.05, 4.69) is 6.92 Å². The van der Waals surface area contributed by atoms with Gasteiger partial charge in [0.15, 0.2) is 0 Å². The van der Waals surface area contributed by atoms with Crippen molar-refractivity contribution in [3.8, 4) is 0 Å². The van der Waals surface area contributed by atoms with Gasteiger partial charge >= 0.3 is 24.0 Å². The first-order chi connectivity index (χ1) is 15.8. The van der Waals surface area contributed by atoms with Crippen LogP contribution < -0.4 is 0 Å². The minimum atomic E-state index is -6.62. The fourth-order valence-electron chi connectivity index (χ4n) is 3.35. The first kappa shape index (κ1) is 32.5. The number of alkyl halides is 7. The normalized spacial score (nSPS) is 12.6. The summed E-state index contributed by atoms with van der Waals surface area (Å²) in [4.78, 5) is 22.8. The van der Waals surface area contributed by atoms with Crippen LogP contribution in [0.15, 0.2) is 0 Å². The molecule has 1 amide bonds. The largest absolute Gasteiger partial charge is 0.464 e. The summed E-state index contributed by atoms with van der Waals surface area (Å²) in [5, 5.41) is 0. The number of rotatable bonds is 19. The van der Waals surface area contributed by atoms with Crippen molar-refractivity contribution < 1.29 is 45.1 Å². The van der Waals surface area contributed by atoms with Crippen LogP contribution in [0.1, 0.15) is 96.8 Å². The molecule has 0 aromatic carbocycles. The molecule has 202 valence electrons. The van der Waals surface area contributed by atoms with Gasteiger partial charge in [0.1, 0.15) is 6.54 Å². The van der Waals surface area contributed by atoms with Crippen molar-refractivity contribution in [3.63, 3.8) is 0 Å². The standard InChI is InChI=1S/C23H38F7NO3/c1-3-4-5-6-7-8-9-10-11-12-13-14-15-16-17-34-19(32)18-31(2)20(33)21(24,25)22(26,27)23(28,29)30/h3-18H2,1-2H3. The molecule has 0 radical (unpaired) electrons. The van der Waals surface area contributed by atoms with Crippen LogP contribution in [0, 0.1) is 0 Å². The number of hydrogen-bond acceptors (Lipinski definition) is 3. The van der Waals surface area contributed by atoms with E-state index in [4.69, 9.17) is 4.74 Å². The highest BCUT2D eigenvalue weighted by molar-refractivity contribution is 5.87. The van der Waals surface area contributed by atoms with Crippen LogP contribution in [0.25, 0.3) is 0 Å². The van der Waals surface area contributed by atoms with Gasteiger partial charge in [-0.2, -0.15) is 30.7 Å². The molecule has 0 fully saturated rings. The van der Waals surface area contributed by atoms with Gasteiger partial charge in [-0.1, -0.05) is 90.4 Å². The van der Waals surface area contributed by atoms with Crippen LogP contribution in [0.4, 0.5) is 30.7 Å². The van der Waals surface area contributed by atoms with Gasteiger partial charge in [0.25, 0.3) is 5.91 Å². The topological polar surface area (TPSA) is 46.6 Å². The summed E-state index contributed by atoms with van der Waals surface area (Å²) in [7, 11) is 0.524. The quantitative estimate of drug-likeness (QED) is 0.104. The van der Waals surface area contributed by atoms with E-state index in [0.29, 0.717) is 13.5 Å². The zero-order valence-corrected chi connectivity index (χ0v) is 20.1. The molecular formula is C23H38F7NO3. The van der Waals surface area contributed by atoms with Crippen LogP contribution in [-0.4, -0.2) is 55.0 Å². The van der Waals surface area contributed by atoms with Crippen molar-refractivity contribution in [1.82, 2.24) is 4.90 Å². The van der Waals surface area contributed by atoms with Crippen molar-refractivity contribution in [2.24, 2.45) is 0 Å². The Balaban J connectivity index is 3.89. The Morgan fingerprint density at radius 2 is 1.06 bits per heavy atom. The number of amides is 1. The molecule has 0 N–H and O–H groups in total. The molecule has 0 saturated heterocycles. The first-order valence-corrected chi connectivity index (χ1v) is 12.0. The molecule has 0 aliphatic heterocycles. The third-order valence-electron chi connectivity index (χ3n) is 5.49. The number of hydrogen-bond donors (Lipinski definition) is 0. The van der Waals surface area contributed by atoms with Crippen molar-refractivity contribution in [1.29, 1.82) is 0 Å². The maximum absolute atomic E-state index is 13.4. The molecule has 0 aromatic rings. The zero-order chi connectivity index (χ0) is 26.3. The lowest BCUT2D eigenvalue weighted by Crippen LogP contribution is -2.60. The Hall–Kier alpha value is -1.55. The monoisotopic (exact) mass is 509 g/mol. The summed E-state index contributed by atoms with van der Waals surface area (Å²) in [6.07, 6.45) is 9.08. The number of likely N-dealkylation sites (N-methyl/N-ethyl adjacent to an activating group) is 1. The van der Waals surface area contributed by atoms with Crippen molar-refractivity contribution in [2.75, 3.05) is 20.2 Å². The number of nitrogens with zero attached hydrogens (tertiary/aromatic N) is 1. The van der Waals surface area contributed by atoms with E-state index in [1.807, 2.05) is 0 Å². The smallest absolute Gasteiger partial charge is 0.460 e. The van der Waals surface area contributed by atoms with Gasteiger partial charge in [-0.3, -0.25) is 9.59 Å². The van der Waals surface area contributed by atoms with Crippen LogP contribution in [0.2, 0.25) is 0 Å². The third kappa shape index (κ3) is 11.7. The van der Waals surface area contributed by atoms with Gasteiger partial charge in [-0.15, -0.1) is 0 Å². The SMILES string of the molecule is CCCCCCCCCCCCCCCCOC(=O)CN(C)C(=O)C(F)(F)C(F)(F)C(F)(F)F. The van der Waals surface area contributed by atoms with Gasteiger partial charge in [-0.25, -0.2) is 0 Å². The minimum Gasteiger partial charge on any atom is -0.464 e.